The molecule has 0 aromatic heterocycles. The van der Waals surface area contributed by atoms with E-state index >= 15 is 0 Å². The molecule has 2 aromatic carbocycles. The number of Topliss-reactive ketones (excluding diaryl/α,β-unsaturated/α-hetero) is 1. The number of hydrogen-bond donors (Lipinski definition) is 1. The minimum absolute atomic E-state index is 0.0731. The topological polar surface area (TPSA) is 131 Å². The van der Waals surface area contributed by atoms with Crippen molar-refractivity contribution in [1.82, 2.24) is 4.31 Å². The highest BCUT2D eigenvalue weighted by Crippen LogP contribution is 2.30. The van der Waals surface area contributed by atoms with Gasteiger partial charge < -0.3 is 4.74 Å². The van der Waals surface area contributed by atoms with Crippen LogP contribution in [-0.2, 0) is 14.8 Å². The maximum atomic E-state index is 13.1. The summed E-state index contributed by atoms with van der Waals surface area (Å²) in [4.78, 5) is 22.4. The number of hydrazone groups is 1. The summed E-state index contributed by atoms with van der Waals surface area (Å²) in [6.45, 7) is 0.804. The fraction of sp³-hybridized carbons (Fsp3) is 0.263. The third kappa shape index (κ3) is 3.70. The Morgan fingerprint density at radius 3 is 2.50 bits per heavy atom. The Balaban J connectivity index is 1.72. The van der Waals surface area contributed by atoms with Crippen molar-refractivity contribution < 1.29 is 22.9 Å². The van der Waals surface area contributed by atoms with Gasteiger partial charge in [0.2, 0.25) is 10.0 Å². The van der Waals surface area contributed by atoms with E-state index in [1.54, 1.807) is 24.3 Å². The number of ketones is 1. The van der Waals surface area contributed by atoms with Crippen molar-refractivity contribution >= 4 is 32.9 Å². The molecule has 4 rings (SSSR count). The molecule has 0 amide bonds. The van der Waals surface area contributed by atoms with E-state index in [4.69, 9.17) is 4.74 Å². The number of fused-ring (bicyclic) bond motifs is 1. The number of benzene rings is 2. The number of carbonyl (C=O) groups is 1. The zero-order valence-corrected chi connectivity index (χ0v) is 16.6. The third-order valence-electron chi connectivity index (χ3n) is 4.94. The molecule has 1 N–H and O–H groups in total. The molecule has 1 aliphatic heterocycles. The van der Waals surface area contributed by atoms with Crippen molar-refractivity contribution in [3.05, 3.63) is 63.7 Å². The van der Waals surface area contributed by atoms with E-state index < -0.39 is 14.9 Å². The molecule has 30 heavy (non-hydrogen) atoms. The fourth-order valence-corrected chi connectivity index (χ4v) is 4.97. The van der Waals surface area contributed by atoms with Crippen molar-refractivity contribution in [2.24, 2.45) is 5.10 Å². The molecule has 10 nitrogen and oxygen atoms in total. The number of nitrogens with one attached hydrogen (secondary N) is 1. The number of nitro groups is 1. The Hall–Kier alpha value is -3.15. The molecular weight excluding hydrogens is 412 g/mol. The van der Waals surface area contributed by atoms with Crippen LogP contribution < -0.4 is 5.43 Å². The van der Waals surface area contributed by atoms with E-state index in [1.165, 1.54) is 16.4 Å². The van der Waals surface area contributed by atoms with Gasteiger partial charge in [0.15, 0.2) is 5.78 Å². The Labute approximate surface area is 172 Å². The number of morpholine rings is 1. The van der Waals surface area contributed by atoms with Crippen LogP contribution in [0.25, 0.3) is 0 Å². The zero-order valence-electron chi connectivity index (χ0n) is 15.8. The molecule has 1 aliphatic carbocycles. The van der Waals surface area contributed by atoms with Gasteiger partial charge in [-0.25, -0.2) is 8.42 Å². The number of rotatable bonds is 5. The van der Waals surface area contributed by atoms with Crippen LogP contribution in [0.1, 0.15) is 22.3 Å². The number of ether oxygens (including phenoxy) is 1. The van der Waals surface area contributed by atoms with Crippen LogP contribution in [0.3, 0.4) is 0 Å². The molecule has 0 bridgehead atoms. The standard InChI is InChI=1S/C19H18N4O6S/c24-18-12-17(14-3-1-2-4-15(14)18)21-20-16-6-5-13(23(25)26)11-19(16)30(27,28)22-7-9-29-10-8-22/h1-6,11,20H,7-10,12H2/b21-17+. The van der Waals surface area contributed by atoms with Crippen LogP contribution in [0, 0.1) is 10.1 Å². The second kappa shape index (κ2) is 7.94. The summed E-state index contributed by atoms with van der Waals surface area (Å²) in [6, 6.07) is 10.5. The van der Waals surface area contributed by atoms with Gasteiger partial charge in [-0.3, -0.25) is 20.3 Å². The van der Waals surface area contributed by atoms with E-state index in [0.29, 0.717) is 16.8 Å². The second-order valence-corrected chi connectivity index (χ2v) is 8.68. The number of sulfonamides is 1. The molecule has 2 aliphatic rings. The summed E-state index contributed by atoms with van der Waals surface area (Å²) in [5.74, 6) is -0.0731. The Morgan fingerprint density at radius 2 is 1.80 bits per heavy atom. The molecule has 156 valence electrons. The minimum Gasteiger partial charge on any atom is -0.379 e. The molecule has 0 unspecified atom stereocenters. The van der Waals surface area contributed by atoms with Crippen LogP contribution in [0.5, 0.6) is 0 Å². The summed E-state index contributed by atoms with van der Waals surface area (Å²) >= 11 is 0. The van der Waals surface area contributed by atoms with Gasteiger partial charge in [0.05, 0.1) is 36.0 Å². The molecule has 1 saturated heterocycles. The number of nitrogens with zero attached hydrogens (tertiary/aromatic N) is 3. The molecule has 0 saturated carbocycles. The zero-order chi connectivity index (χ0) is 21.3. The molecule has 2 aromatic rings. The smallest absolute Gasteiger partial charge is 0.270 e. The van der Waals surface area contributed by atoms with Gasteiger partial charge in [0.1, 0.15) is 4.90 Å². The lowest BCUT2D eigenvalue weighted by Gasteiger charge is -2.26. The highest BCUT2D eigenvalue weighted by molar-refractivity contribution is 7.89. The van der Waals surface area contributed by atoms with Gasteiger partial charge in [0, 0.05) is 36.3 Å². The molecule has 0 spiro atoms. The fourth-order valence-electron chi connectivity index (χ4n) is 3.40. The summed E-state index contributed by atoms with van der Waals surface area (Å²) in [5.41, 5.74) is 4.16. The van der Waals surface area contributed by atoms with Crippen LogP contribution >= 0.6 is 0 Å². The van der Waals surface area contributed by atoms with Gasteiger partial charge >= 0.3 is 0 Å². The van der Waals surface area contributed by atoms with Crippen molar-refractivity contribution in [3.63, 3.8) is 0 Å². The van der Waals surface area contributed by atoms with Gasteiger partial charge in [-0.2, -0.15) is 9.41 Å². The first-order valence-electron chi connectivity index (χ1n) is 9.19. The lowest BCUT2D eigenvalue weighted by atomic mass is 10.1. The summed E-state index contributed by atoms with van der Waals surface area (Å²) in [7, 11) is -4.02. The van der Waals surface area contributed by atoms with Gasteiger partial charge in [-0.1, -0.05) is 24.3 Å². The average molecular weight is 430 g/mol. The number of hydrogen-bond acceptors (Lipinski definition) is 8. The largest absolute Gasteiger partial charge is 0.379 e. The monoisotopic (exact) mass is 430 g/mol. The second-order valence-electron chi connectivity index (χ2n) is 6.77. The molecule has 0 radical (unpaired) electrons. The summed E-state index contributed by atoms with van der Waals surface area (Å²) in [5, 5.41) is 15.4. The average Bonchev–Trinajstić information content (AvgIpc) is 3.08. The van der Waals surface area contributed by atoms with Gasteiger partial charge in [0.25, 0.3) is 5.69 Å². The van der Waals surface area contributed by atoms with E-state index in [1.807, 2.05) is 0 Å². The molecule has 0 atom stereocenters. The quantitative estimate of drug-likeness (QED) is 0.567. The first-order valence-corrected chi connectivity index (χ1v) is 10.6. The van der Waals surface area contributed by atoms with Crippen LogP contribution in [0.4, 0.5) is 11.4 Å². The van der Waals surface area contributed by atoms with Crippen LogP contribution in [0.2, 0.25) is 0 Å². The SMILES string of the molecule is O=C1C/C(=N\Nc2ccc([N+](=O)[O-])cc2S(=O)(=O)N2CCOCC2)c2ccccc21. The van der Waals surface area contributed by atoms with Crippen molar-refractivity contribution in [1.29, 1.82) is 0 Å². The Morgan fingerprint density at radius 1 is 1.10 bits per heavy atom. The summed E-state index contributed by atoms with van der Waals surface area (Å²) in [6.07, 6.45) is 0.0882. The number of carbonyl (C=O) groups excluding carboxylic acids is 1. The first-order chi connectivity index (χ1) is 14.4. The molecule has 1 heterocycles. The predicted octanol–water partition coefficient (Wildman–Crippen LogP) is 2.02. The number of non-ortho nitro benzene ring substituents is 1. The third-order valence-corrected chi connectivity index (χ3v) is 6.88. The van der Waals surface area contributed by atoms with Gasteiger partial charge in [-0.15, -0.1) is 0 Å². The van der Waals surface area contributed by atoms with Crippen LogP contribution in [0.15, 0.2) is 52.5 Å². The van der Waals surface area contributed by atoms with Crippen LogP contribution in [-0.4, -0.2) is 55.4 Å². The predicted molar refractivity (Wildman–Crippen MR) is 108 cm³/mol. The molecule has 1 fully saturated rings. The van der Waals surface area contributed by atoms with Crippen molar-refractivity contribution in [2.45, 2.75) is 11.3 Å². The van der Waals surface area contributed by atoms with E-state index in [2.05, 4.69) is 10.5 Å². The number of anilines is 1. The van der Waals surface area contributed by atoms with Crippen molar-refractivity contribution in [3.8, 4) is 0 Å². The lowest BCUT2D eigenvalue weighted by Crippen LogP contribution is -2.40. The van der Waals surface area contributed by atoms with E-state index in [0.717, 1.165) is 6.07 Å². The van der Waals surface area contributed by atoms with E-state index in [9.17, 15) is 23.3 Å². The highest BCUT2D eigenvalue weighted by Gasteiger charge is 2.31. The normalized spacial score (nSPS) is 18.4. The first kappa shape index (κ1) is 20.1. The minimum atomic E-state index is -4.02. The van der Waals surface area contributed by atoms with Crippen molar-refractivity contribution in [2.75, 3.05) is 31.7 Å². The maximum Gasteiger partial charge on any atom is 0.270 e. The number of nitro benzene ring substituents is 1. The molecule has 11 heteroatoms. The summed E-state index contributed by atoms with van der Waals surface area (Å²) < 4.78 is 32.7. The highest BCUT2D eigenvalue weighted by atomic mass is 32.2. The lowest BCUT2D eigenvalue weighted by molar-refractivity contribution is -0.385. The Kier molecular flexibility index (Phi) is 5.33. The van der Waals surface area contributed by atoms with Gasteiger partial charge in [-0.05, 0) is 6.07 Å². The maximum absolute atomic E-state index is 13.1. The van der Waals surface area contributed by atoms with E-state index in [-0.39, 0.29) is 54.8 Å². The Bertz CT molecular complexity index is 1160. The molecular formula is C19H18N4O6S.